The number of amides is 3. The van der Waals surface area contributed by atoms with Crippen LogP contribution in [0.2, 0.25) is 5.02 Å². The van der Waals surface area contributed by atoms with Gasteiger partial charge in [0.1, 0.15) is 5.82 Å². The van der Waals surface area contributed by atoms with E-state index in [4.69, 9.17) is 11.6 Å². The van der Waals surface area contributed by atoms with E-state index in [9.17, 15) is 14.0 Å². The molecule has 0 atom stereocenters. The van der Waals surface area contributed by atoms with Crippen LogP contribution in [0.15, 0.2) is 23.1 Å². The fourth-order valence-electron chi connectivity index (χ4n) is 1.50. The van der Waals surface area contributed by atoms with Crippen LogP contribution in [0.4, 0.5) is 9.18 Å². The highest BCUT2D eigenvalue weighted by Gasteiger charge is 2.25. The Morgan fingerprint density at radius 1 is 1.56 bits per heavy atom. The fourth-order valence-corrected chi connectivity index (χ4v) is 2.56. The van der Waals surface area contributed by atoms with Crippen LogP contribution in [0.1, 0.15) is 0 Å². The van der Waals surface area contributed by atoms with Crippen LogP contribution in [0.25, 0.3) is 0 Å². The molecule has 1 aromatic carbocycles. The summed E-state index contributed by atoms with van der Waals surface area (Å²) < 4.78 is 12.9. The van der Waals surface area contributed by atoms with Crippen LogP contribution in [0.5, 0.6) is 0 Å². The maximum Gasteiger partial charge on any atom is 0.324 e. The average molecular weight is 289 g/mol. The standard InChI is InChI=1S/C11H10ClFN2O2S/c12-8-5-7(1-2-9(8)13)18-6-10(16)15-4-3-14-11(15)17/h1-2,5H,3-4,6H2,(H,14,17). The fraction of sp³-hybridized carbons (Fsp3) is 0.273. The third-order valence-electron chi connectivity index (χ3n) is 2.41. The van der Waals surface area contributed by atoms with Crippen LogP contribution in [0, 0.1) is 5.82 Å². The van der Waals surface area contributed by atoms with E-state index < -0.39 is 5.82 Å². The Hall–Kier alpha value is -1.27. The Morgan fingerprint density at radius 2 is 2.33 bits per heavy atom. The number of carbonyl (C=O) groups is 2. The molecule has 0 aliphatic carbocycles. The van der Waals surface area contributed by atoms with Crippen LogP contribution < -0.4 is 5.32 Å². The molecule has 18 heavy (non-hydrogen) atoms. The van der Waals surface area contributed by atoms with Gasteiger partial charge in [0.15, 0.2) is 0 Å². The van der Waals surface area contributed by atoms with Gasteiger partial charge < -0.3 is 5.32 Å². The van der Waals surface area contributed by atoms with Crippen LogP contribution in [0.3, 0.4) is 0 Å². The summed E-state index contributed by atoms with van der Waals surface area (Å²) in [5, 5.41) is 2.57. The molecule has 4 nitrogen and oxygen atoms in total. The number of halogens is 2. The van der Waals surface area contributed by atoms with Crippen molar-refractivity contribution in [3.63, 3.8) is 0 Å². The molecule has 0 saturated carbocycles. The molecule has 1 saturated heterocycles. The van der Waals surface area contributed by atoms with Crippen LogP contribution in [-0.2, 0) is 4.79 Å². The van der Waals surface area contributed by atoms with E-state index in [1.165, 1.54) is 23.9 Å². The van der Waals surface area contributed by atoms with E-state index in [0.717, 1.165) is 4.90 Å². The highest BCUT2D eigenvalue weighted by atomic mass is 35.5. The second-order valence-corrected chi connectivity index (χ2v) is 5.10. The molecular weight excluding hydrogens is 279 g/mol. The summed E-state index contributed by atoms with van der Waals surface area (Å²) in [7, 11) is 0. The molecule has 1 N–H and O–H groups in total. The third kappa shape index (κ3) is 2.94. The normalized spacial score (nSPS) is 14.8. The smallest absolute Gasteiger partial charge is 0.324 e. The van der Waals surface area contributed by atoms with Crippen molar-refractivity contribution in [2.75, 3.05) is 18.8 Å². The molecule has 1 heterocycles. The van der Waals surface area contributed by atoms with E-state index >= 15 is 0 Å². The summed E-state index contributed by atoms with van der Waals surface area (Å²) in [6.07, 6.45) is 0. The Labute approximate surface area is 112 Å². The molecule has 1 aliphatic heterocycles. The maximum atomic E-state index is 12.9. The third-order valence-corrected chi connectivity index (χ3v) is 3.68. The summed E-state index contributed by atoms with van der Waals surface area (Å²) in [5.41, 5.74) is 0. The number of hydrogen-bond donors (Lipinski definition) is 1. The second kappa shape index (κ2) is 5.58. The average Bonchev–Trinajstić information content (AvgIpc) is 2.77. The number of rotatable bonds is 3. The number of hydrogen-bond acceptors (Lipinski definition) is 3. The van der Waals surface area contributed by atoms with Gasteiger partial charge in [-0.1, -0.05) is 11.6 Å². The van der Waals surface area contributed by atoms with E-state index in [2.05, 4.69) is 5.32 Å². The number of nitrogens with zero attached hydrogens (tertiary/aromatic N) is 1. The number of thioether (sulfide) groups is 1. The van der Waals surface area contributed by atoms with Gasteiger partial charge >= 0.3 is 6.03 Å². The summed E-state index contributed by atoms with van der Waals surface area (Å²) in [6.45, 7) is 0.875. The van der Waals surface area contributed by atoms with Crippen LogP contribution >= 0.6 is 23.4 Å². The topological polar surface area (TPSA) is 49.4 Å². The SMILES string of the molecule is O=C(CSc1ccc(F)c(Cl)c1)N1CCNC1=O. The lowest BCUT2D eigenvalue weighted by Crippen LogP contribution is -2.35. The minimum atomic E-state index is -0.494. The highest BCUT2D eigenvalue weighted by Crippen LogP contribution is 2.24. The quantitative estimate of drug-likeness (QED) is 0.867. The number of benzene rings is 1. The summed E-state index contributed by atoms with van der Waals surface area (Å²) in [6, 6.07) is 3.89. The molecule has 0 spiro atoms. The minimum Gasteiger partial charge on any atom is -0.336 e. The molecule has 2 rings (SSSR count). The lowest BCUT2D eigenvalue weighted by molar-refractivity contribution is -0.124. The molecule has 96 valence electrons. The van der Waals surface area contributed by atoms with Crippen molar-refractivity contribution < 1.29 is 14.0 Å². The van der Waals surface area contributed by atoms with Gasteiger partial charge in [-0.05, 0) is 18.2 Å². The second-order valence-electron chi connectivity index (χ2n) is 3.64. The summed E-state index contributed by atoms with van der Waals surface area (Å²) in [5.74, 6) is -0.642. The predicted octanol–water partition coefficient (Wildman–Crippen LogP) is 2.12. The minimum absolute atomic E-state index is 0.0198. The van der Waals surface area contributed by atoms with Gasteiger partial charge in [-0.15, -0.1) is 11.8 Å². The molecule has 1 fully saturated rings. The molecule has 7 heteroatoms. The van der Waals surface area contributed by atoms with Crippen LogP contribution in [-0.4, -0.2) is 35.7 Å². The Balaban J connectivity index is 1.93. The van der Waals surface area contributed by atoms with E-state index in [0.29, 0.717) is 18.0 Å². The molecule has 3 amide bonds. The molecular formula is C11H10ClFN2O2S. The number of urea groups is 1. The number of carbonyl (C=O) groups excluding carboxylic acids is 2. The van der Waals surface area contributed by atoms with Crippen molar-refractivity contribution in [3.05, 3.63) is 29.0 Å². The van der Waals surface area contributed by atoms with Crippen molar-refractivity contribution >= 4 is 35.3 Å². The van der Waals surface area contributed by atoms with Gasteiger partial charge in [0.05, 0.1) is 10.8 Å². The van der Waals surface area contributed by atoms with Gasteiger partial charge in [0, 0.05) is 18.0 Å². The van der Waals surface area contributed by atoms with Gasteiger partial charge in [0.25, 0.3) is 0 Å². The Bertz CT molecular complexity index is 498. The summed E-state index contributed by atoms with van der Waals surface area (Å²) >= 11 is 6.85. The molecule has 0 aromatic heterocycles. The van der Waals surface area contributed by atoms with E-state index in [-0.39, 0.29) is 22.7 Å². The molecule has 0 bridgehead atoms. The van der Waals surface area contributed by atoms with Gasteiger partial charge in [-0.2, -0.15) is 0 Å². The molecule has 0 radical (unpaired) electrons. The number of nitrogens with one attached hydrogen (secondary N) is 1. The van der Waals surface area contributed by atoms with Crippen molar-refractivity contribution in [2.45, 2.75) is 4.90 Å². The molecule has 1 aromatic rings. The maximum absolute atomic E-state index is 12.9. The molecule has 0 unspecified atom stereocenters. The van der Waals surface area contributed by atoms with E-state index in [1.807, 2.05) is 0 Å². The van der Waals surface area contributed by atoms with Crippen molar-refractivity contribution in [3.8, 4) is 0 Å². The molecule has 1 aliphatic rings. The monoisotopic (exact) mass is 288 g/mol. The Kier molecular flexibility index (Phi) is 4.08. The largest absolute Gasteiger partial charge is 0.336 e. The first-order valence-corrected chi connectivity index (χ1v) is 6.60. The van der Waals surface area contributed by atoms with Crippen molar-refractivity contribution in [1.29, 1.82) is 0 Å². The predicted molar refractivity (Wildman–Crippen MR) is 67.2 cm³/mol. The lowest BCUT2D eigenvalue weighted by Gasteiger charge is -2.11. The van der Waals surface area contributed by atoms with Gasteiger partial charge in [-0.25, -0.2) is 9.18 Å². The van der Waals surface area contributed by atoms with Crippen molar-refractivity contribution in [1.82, 2.24) is 10.2 Å². The van der Waals surface area contributed by atoms with Gasteiger partial charge in [-0.3, -0.25) is 9.69 Å². The number of imide groups is 1. The zero-order valence-corrected chi connectivity index (χ0v) is 10.9. The first kappa shape index (κ1) is 13.2. The lowest BCUT2D eigenvalue weighted by atomic mass is 10.3. The first-order valence-electron chi connectivity index (χ1n) is 5.24. The summed E-state index contributed by atoms with van der Waals surface area (Å²) in [4.78, 5) is 24.8. The van der Waals surface area contributed by atoms with Crippen molar-refractivity contribution in [2.24, 2.45) is 0 Å². The Morgan fingerprint density at radius 3 is 2.94 bits per heavy atom. The van der Waals surface area contributed by atoms with E-state index in [1.54, 1.807) is 6.07 Å². The zero-order valence-electron chi connectivity index (χ0n) is 9.28. The van der Waals surface area contributed by atoms with Gasteiger partial charge in [0.2, 0.25) is 5.91 Å². The highest BCUT2D eigenvalue weighted by molar-refractivity contribution is 8.00. The zero-order chi connectivity index (χ0) is 13.1. The first-order chi connectivity index (χ1) is 8.58.